The lowest BCUT2D eigenvalue weighted by Gasteiger charge is -2.23. The van der Waals surface area contributed by atoms with Crippen molar-refractivity contribution < 1.29 is 9.66 Å². The molecule has 0 aliphatic rings. The van der Waals surface area contributed by atoms with Crippen LogP contribution in [0.3, 0.4) is 0 Å². The molecule has 1 unspecified atom stereocenters. The van der Waals surface area contributed by atoms with Gasteiger partial charge in [0.25, 0.3) is 0 Å². The summed E-state index contributed by atoms with van der Waals surface area (Å²) < 4.78 is 6.49. The van der Waals surface area contributed by atoms with Crippen molar-refractivity contribution in [3.8, 4) is 5.75 Å². The Morgan fingerprint density at radius 1 is 1.52 bits per heavy atom. The van der Waals surface area contributed by atoms with Gasteiger partial charge in [0, 0.05) is 10.0 Å². The van der Waals surface area contributed by atoms with Crippen LogP contribution in [-0.2, 0) is 0 Å². The Kier molecular flexibility index (Phi) is 4.43. The molecule has 0 saturated heterocycles. The number of hydrogen-bond acceptors (Lipinski definition) is 5. The lowest BCUT2D eigenvalue weighted by Crippen LogP contribution is -2.41. The van der Waals surface area contributed by atoms with Crippen LogP contribution in [0.1, 0.15) is 20.3 Å². The number of hydrogen-bond donors (Lipinski definition) is 1. The van der Waals surface area contributed by atoms with Crippen molar-refractivity contribution in [1.29, 1.82) is 0 Å². The van der Waals surface area contributed by atoms with E-state index in [1.165, 1.54) is 6.20 Å². The number of nitrogens with two attached hydrogens (primary N) is 1. The molecule has 2 aromatic rings. The number of nitrogens with zero attached hydrogens (tertiary/aromatic N) is 2. The van der Waals surface area contributed by atoms with Gasteiger partial charge >= 0.3 is 5.69 Å². The highest BCUT2D eigenvalue weighted by Crippen LogP contribution is 2.35. The zero-order valence-electron chi connectivity index (χ0n) is 11.8. The molecule has 0 amide bonds. The Bertz CT molecular complexity index is 688. The van der Waals surface area contributed by atoms with Gasteiger partial charge in [-0.3, -0.25) is 10.1 Å². The highest BCUT2D eigenvalue weighted by Gasteiger charge is 2.23. The lowest BCUT2D eigenvalue weighted by molar-refractivity contribution is -0.386. The molecule has 1 heterocycles. The molecule has 1 atom stereocenters. The van der Waals surface area contributed by atoms with Crippen molar-refractivity contribution in [2.24, 2.45) is 5.73 Å². The lowest BCUT2D eigenvalue weighted by atomic mass is 10.0. The van der Waals surface area contributed by atoms with Crippen LogP contribution < -0.4 is 10.5 Å². The largest absolute Gasteiger partial charge is 0.484 e. The number of rotatable bonds is 5. The van der Waals surface area contributed by atoms with E-state index < -0.39 is 10.5 Å². The van der Waals surface area contributed by atoms with Crippen LogP contribution >= 0.6 is 15.9 Å². The second-order valence-corrected chi connectivity index (χ2v) is 6.10. The minimum atomic E-state index is -0.546. The van der Waals surface area contributed by atoms with E-state index in [0.29, 0.717) is 17.3 Å². The SMILES string of the molecule is CCC(C)(N)COc1c([N+](=O)[O-])cnc2ccc(Br)cc12. The summed E-state index contributed by atoms with van der Waals surface area (Å²) in [6.07, 6.45) is 1.92. The van der Waals surface area contributed by atoms with Crippen molar-refractivity contribution in [1.82, 2.24) is 4.98 Å². The number of nitro groups is 1. The highest BCUT2D eigenvalue weighted by molar-refractivity contribution is 9.10. The third-order valence-corrected chi connectivity index (χ3v) is 3.81. The summed E-state index contributed by atoms with van der Waals surface area (Å²) in [5.41, 5.74) is 5.97. The third kappa shape index (κ3) is 3.48. The van der Waals surface area contributed by atoms with E-state index >= 15 is 0 Å². The summed E-state index contributed by atoms with van der Waals surface area (Å²) in [5.74, 6) is 0.205. The number of benzene rings is 1. The molecular weight excluding hydrogens is 338 g/mol. The Hall–Kier alpha value is -1.73. The number of pyridine rings is 1. The fourth-order valence-corrected chi connectivity index (χ4v) is 2.11. The van der Waals surface area contributed by atoms with Crippen molar-refractivity contribution >= 4 is 32.5 Å². The molecule has 112 valence electrons. The van der Waals surface area contributed by atoms with Gasteiger partial charge in [-0.1, -0.05) is 22.9 Å². The van der Waals surface area contributed by atoms with Crippen LogP contribution in [0.5, 0.6) is 5.75 Å². The molecule has 0 radical (unpaired) electrons. The van der Waals surface area contributed by atoms with Gasteiger partial charge < -0.3 is 10.5 Å². The molecule has 6 nitrogen and oxygen atoms in total. The van der Waals surface area contributed by atoms with Gasteiger partial charge in [0.05, 0.1) is 15.8 Å². The minimum Gasteiger partial charge on any atom is -0.484 e. The van der Waals surface area contributed by atoms with Crippen LogP contribution in [0, 0.1) is 10.1 Å². The van der Waals surface area contributed by atoms with E-state index in [2.05, 4.69) is 20.9 Å². The van der Waals surface area contributed by atoms with E-state index in [4.69, 9.17) is 10.5 Å². The first-order valence-corrected chi connectivity index (χ1v) is 7.27. The molecule has 21 heavy (non-hydrogen) atoms. The van der Waals surface area contributed by atoms with Gasteiger partial charge in [0.2, 0.25) is 5.75 Å². The van der Waals surface area contributed by atoms with Gasteiger partial charge in [-0.25, -0.2) is 4.98 Å². The maximum atomic E-state index is 11.2. The topological polar surface area (TPSA) is 91.3 Å². The minimum absolute atomic E-state index is 0.160. The molecule has 0 fully saturated rings. The maximum Gasteiger partial charge on any atom is 0.329 e. The van der Waals surface area contributed by atoms with Gasteiger partial charge in [0.15, 0.2) is 0 Å². The second kappa shape index (κ2) is 5.95. The number of halogens is 1. The van der Waals surface area contributed by atoms with Gasteiger partial charge in [-0.2, -0.15) is 0 Å². The van der Waals surface area contributed by atoms with Crippen molar-refractivity contribution in [2.45, 2.75) is 25.8 Å². The van der Waals surface area contributed by atoms with E-state index in [-0.39, 0.29) is 18.0 Å². The Morgan fingerprint density at radius 3 is 2.86 bits per heavy atom. The smallest absolute Gasteiger partial charge is 0.329 e. The van der Waals surface area contributed by atoms with Crippen molar-refractivity contribution in [2.75, 3.05) is 6.61 Å². The summed E-state index contributed by atoms with van der Waals surface area (Å²) in [4.78, 5) is 14.8. The first kappa shape index (κ1) is 15.7. The Labute approximate surface area is 130 Å². The maximum absolute atomic E-state index is 11.2. The van der Waals surface area contributed by atoms with Gasteiger partial charge in [-0.15, -0.1) is 0 Å². The fraction of sp³-hybridized carbons (Fsp3) is 0.357. The summed E-state index contributed by atoms with van der Waals surface area (Å²) in [5, 5.41) is 11.8. The van der Waals surface area contributed by atoms with E-state index in [9.17, 15) is 10.1 Å². The first-order valence-electron chi connectivity index (χ1n) is 6.48. The zero-order valence-corrected chi connectivity index (χ0v) is 13.4. The predicted octanol–water partition coefficient (Wildman–Crippen LogP) is 3.41. The summed E-state index contributed by atoms with van der Waals surface area (Å²) >= 11 is 3.35. The average molecular weight is 354 g/mol. The van der Waals surface area contributed by atoms with Crippen molar-refractivity contribution in [3.63, 3.8) is 0 Å². The van der Waals surface area contributed by atoms with Crippen LogP contribution in [0.25, 0.3) is 10.9 Å². The summed E-state index contributed by atoms with van der Waals surface area (Å²) in [7, 11) is 0. The summed E-state index contributed by atoms with van der Waals surface area (Å²) in [6.45, 7) is 3.98. The normalized spacial score (nSPS) is 13.9. The number of fused-ring (bicyclic) bond motifs is 1. The molecule has 1 aromatic heterocycles. The molecular formula is C14H16BrN3O3. The Balaban J connectivity index is 2.53. The predicted molar refractivity (Wildman–Crippen MR) is 84.5 cm³/mol. The van der Waals surface area contributed by atoms with Crippen LogP contribution in [0.15, 0.2) is 28.9 Å². The fourth-order valence-electron chi connectivity index (χ4n) is 1.75. The van der Waals surface area contributed by atoms with Gasteiger partial charge in [-0.05, 0) is 31.5 Å². The van der Waals surface area contributed by atoms with Crippen LogP contribution in [-0.4, -0.2) is 22.1 Å². The molecule has 0 bridgehead atoms. The average Bonchev–Trinajstić information content (AvgIpc) is 2.44. The van der Waals surface area contributed by atoms with E-state index in [1.807, 2.05) is 19.9 Å². The molecule has 2 rings (SSSR count). The highest BCUT2D eigenvalue weighted by atomic mass is 79.9. The molecule has 0 saturated carbocycles. The van der Waals surface area contributed by atoms with E-state index in [1.54, 1.807) is 12.1 Å². The monoisotopic (exact) mass is 353 g/mol. The van der Waals surface area contributed by atoms with Crippen molar-refractivity contribution in [3.05, 3.63) is 39.0 Å². The molecule has 0 spiro atoms. The first-order chi connectivity index (χ1) is 9.84. The standard InChI is InChI=1S/C14H16BrN3O3/c1-3-14(2,16)8-21-13-10-6-9(15)4-5-11(10)17-7-12(13)18(19)20/h4-7H,3,8,16H2,1-2H3. The van der Waals surface area contributed by atoms with Crippen LogP contribution in [0.4, 0.5) is 5.69 Å². The van der Waals surface area contributed by atoms with E-state index in [0.717, 1.165) is 4.47 Å². The molecule has 7 heteroatoms. The molecule has 1 aromatic carbocycles. The molecule has 0 aliphatic carbocycles. The van der Waals surface area contributed by atoms with Gasteiger partial charge in [0.1, 0.15) is 12.8 Å². The zero-order chi connectivity index (χ0) is 15.6. The Morgan fingerprint density at radius 2 is 2.24 bits per heavy atom. The number of ether oxygens (including phenoxy) is 1. The second-order valence-electron chi connectivity index (χ2n) is 5.19. The number of aromatic nitrogens is 1. The third-order valence-electron chi connectivity index (χ3n) is 3.31. The molecule has 2 N–H and O–H groups in total. The summed E-state index contributed by atoms with van der Waals surface area (Å²) in [6, 6.07) is 5.35. The van der Waals surface area contributed by atoms with Crippen LogP contribution in [0.2, 0.25) is 0 Å². The quantitative estimate of drug-likeness (QED) is 0.656. The molecule has 0 aliphatic heterocycles.